The summed E-state index contributed by atoms with van der Waals surface area (Å²) in [6.45, 7) is 7.07. The highest BCUT2D eigenvalue weighted by molar-refractivity contribution is 7.91. The summed E-state index contributed by atoms with van der Waals surface area (Å²) in [6.07, 6.45) is 0.801. The molecule has 0 aliphatic heterocycles. The summed E-state index contributed by atoms with van der Waals surface area (Å²) in [5.74, 6) is -0.144. The van der Waals surface area contributed by atoms with Gasteiger partial charge in [-0.05, 0) is 82.4 Å². The molecule has 0 fully saturated rings. The molecule has 174 valence electrons. The van der Waals surface area contributed by atoms with Gasteiger partial charge in [0, 0.05) is 12.1 Å². The Morgan fingerprint density at radius 3 is 2.31 bits per heavy atom. The lowest BCUT2D eigenvalue weighted by molar-refractivity contribution is 0.0986. The second-order valence-corrected chi connectivity index (χ2v) is 11.3. The molecule has 32 heavy (non-hydrogen) atoms. The largest absolute Gasteiger partial charge is 0.309 e. The first-order chi connectivity index (χ1) is 14.6. The van der Waals surface area contributed by atoms with Crippen molar-refractivity contribution in [1.82, 2.24) is 9.88 Å². The summed E-state index contributed by atoms with van der Waals surface area (Å²) in [6, 6.07) is 10.4. The van der Waals surface area contributed by atoms with E-state index >= 15 is 0 Å². The van der Waals surface area contributed by atoms with Gasteiger partial charge in [0.05, 0.1) is 20.9 Å². The Labute approximate surface area is 200 Å². The fourth-order valence-electron chi connectivity index (χ4n) is 3.43. The topological polar surface area (TPSA) is 70.6 Å². The van der Waals surface area contributed by atoms with Crippen LogP contribution in [0.15, 0.2) is 41.3 Å². The molecule has 1 aromatic heterocycles. The van der Waals surface area contributed by atoms with Crippen molar-refractivity contribution < 1.29 is 13.2 Å². The summed E-state index contributed by atoms with van der Waals surface area (Å²) < 4.78 is 25.2. The van der Waals surface area contributed by atoms with E-state index in [9.17, 15) is 13.2 Å². The summed E-state index contributed by atoms with van der Waals surface area (Å²) in [4.78, 5) is 22.2. The number of rotatable bonds is 8. The normalized spacial score (nSPS) is 11.6. The van der Waals surface area contributed by atoms with Crippen LogP contribution in [0.4, 0.5) is 5.13 Å². The number of amides is 1. The van der Waals surface area contributed by atoms with Crippen molar-refractivity contribution >= 4 is 54.8 Å². The van der Waals surface area contributed by atoms with Gasteiger partial charge in [0.15, 0.2) is 15.0 Å². The van der Waals surface area contributed by atoms with E-state index in [0.29, 0.717) is 17.2 Å². The van der Waals surface area contributed by atoms with Crippen LogP contribution in [0, 0.1) is 13.8 Å². The van der Waals surface area contributed by atoms with Gasteiger partial charge in [0.2, 0.25) is 0 Å². The molecule has 1 amide bonds. The first kappa shape index (κ1) is 26.3. The van der Waals surface area contributed by atoms with E-state index in [-0.39, 0.29) is 29.0 Å². The highest BCUT2D eigenvalue weighted by atomic mass is 35.5. The summed E-state index contributed by atoms with van der Waals surface area (Å²) >= 11 is 1.51. The Balaban J connectivity index is 0.00000363. The molecule has 0 atom stereocenters. The van der Waals surface area contributed by atoms with Crippen molar-refractivity contribution in [2.45, 2.75) is 32.1 Å². The third-order valence-electron chi connectivity index (χ3n) is 5.12. The lowest BCUT2D eigenvalue weighted by atomic mass is 10.1. The predicted molar refractivity (Wildman–Crippen MR) is 135 cm³/mol. The molecule has 9 heteroatoms. The highest BCUT2D eigenvalue weighted by Gasteiger charge is 2.22. The number of thiazole rings is 1. The Bertz CT molecular complexity index is 1190. The van der Waals surface area contributed by atoms with Gasteiger partial charge in [0.25, 0.3) is 5.91 Å². The second-order valence-electron chi connectivity index (χ2n) is 7.97. The molecular weight excluding hydrogens is 466 g/mol. The molecule has 0 aliphatic rings. The molecule has 0 saturated carbocycles. The minimum absolute atomic E-state index is 0. The quantitative estimate of drug-likeness (QED) is 0.452. The van der Waals surface area contributed by atoms with Gasteiger partial charge in [-0.1, -0.05) is 24.3 Å². The Hall–Kier alpha value is -2.00. The van der Waals surface area contributed by atoms with E-state index in [1.807, 2.05) is 21.0 Å². The molecule has 0 bridgehead atoms. The van der Waals surface area contributed by atoms with Gasteiger partial charge in [-0.25, -0.2) is 13.4 Å². The molecule has 0 unspecified atom stereocenters. The van der Waals surface area contributed by atoms with Gasteiger partial charge >= 0.3 is 0 Å². The Morgan fingerprint density at radius 1 is 1.06 bits per heavy atom. The van der Waals surface area contributed by atoms with Crippen LogP contribution < -0.4 is 4.90 Å². The third kappa shape index (κ3) is 5.86. The van der Waals surface area contributed by atoms with E-state index in [2.05, 4.69) is 24.0 Å². The zero-order valence-corrected chi connectivity index (χ0v) is 21.5. The van der Waals surface area contributed by atoms with Gasteiger partial charge < -0.3 is 4.90 Å². The van der Waals surface area contributed by atoms with Crippen LogP contribution in [0.2, 0.25) is 0 Å². The van der Waals surface area contributed by atoms with Crippen LogP contribution in [0.5, 0.6) is 0 Å². The average molecular weight is 496 g/mol. The number of nitrogens with zero attached hydrogens (tertiary/aromatic N) is 3. The minimum Gasteiger partial charge on any atom is -0.309 e. The average Bonchev–Trinajstić information content (AvgIpc) is 3.14. The first-order valence-electron chi connectivity index (χ1n) is 10.3. The number of benzene rings is 2. The predicted octanol–water partition coefficient (Wildman–Crippen LogP) is 4.73. The van der Waals surface area contributed by atoms with Gasteiger partial charge in [-0.2, -0.15) is 0 Å². The molecular formula is C23H30ClN3O3S2. The van der Waals surface area contributed by atoms with E-state index in [1.54, 1.807) is 24.0 Å². The second kappa shape index (κ2) is 10.7. The minimum atomic E-state index is -3.30. The van der Waals surface area contributed by atoms with Crippen LogP contribution in [0.25, 0.3) is 10.2 Å². The number of fused-ring (bicyclic) bond motifs is 1. The molecule has 0 saturated heterocycles. The molecule has 6 nitrogen and oxygen atoms in total. The van der Waals surface area contributed by atoms with Crippen LogP contribution in [-0.2, 0) is 9.84 Å². The summed E-state index contributed by atoms with van der Waals surface area (Å²) in [7, 11) is 0.702. The first-order valence-corrected chi connectivity index (χ1v) is 12.8. The maximum absolute atomic E-state index is 13.4. The number of hydrogen-bond donors (Lipinski definition) is 0. The van der Waals surface area contributed by atoms with Crippen LogP contribution >= 0.6 is 23.7 Å². The van der Waals surface area contributed by atoms with Gasteiger partial charge in [0.1, 0.15) is 0 Å². The van der Waals surface area contributed by atoms with E-state index < -0.39 is 9.84 Å². The molecule has 0 radical (unpaired) electrons. The molecule has 3 aromatic rings. The molecule has 0 aliphatic carbocycles. The number of aryl methyl sites for hydroxylation is 2. The van der Waals surface area contributed by atoms with Crippen molar-refractivity contribution in [1.29, 1.82) is 0 Å². The summed E-state index contributed by atoms with van der Waals surface area (Å²) in [5.41, 5.74) is 3.62. The highest BCUT2D eigenvalue weighted by Crippen LogP contribution is 2.32. The van der Waals surface area contributed by atoms with Crippen molar-refractivity contribution in [3.05, 3.63) is 53.1 Å². The number of halogens is 1. The van der Waals surface area contributed by atoms with E-state index in [4.69, 9.17) is 4.98 Å². The SMILES string of the molecule is CCS(=O)(=O)c1ccc(C(=O)N(CCCN(C)C)c2nc3c(C)cc(C)cc3s2)cc1.Cl. The number of carbonyl (C=O) groups is 1. The number of carbonyl (C=O) groups excluding carboxylic acids is 1. The lowest BCUT2D eigenvalue weighted by Crippen LogP contribution is -2.33. The van der Waals surface area contributed by atoms with Crippen molar-refractivity contribution in [2.75, 3.05) is 37.8 Å². The fourth-order valence-corrected chi connectivity index (χ4v) is 5.48. The zero-order valence-electron chi connectivity index (χ0n) is 19.1. The third-order valence-corrected chi connectivity index (χ3v) is 7.90. The Morgan fingerprint density at radius 2 is 1.72 bits per heavy atom. The number of sulfone groups is 1. The molecule has 3 rings (SSSR count). The van der Waals surface area contributed by atoms with E-state index in [0.717, 1.165) is 28.7 Å². The van der Waals surface area contributed by atoms with Crippen molar-refractivity contribution in [3.63, 3.8) is 0 Å². The van der Waals surface area contributed by atoms with Crippen LogP contribution in [0.1, 0.15) is 34.8 Å². The molecule has 0 N–H and O–H groups in total. The van der Waals surface area contributed by atoms with Crippen molar-refractivity contribution in [3.8, 4) is 0 Å². The zero-order chi connectivity index (χ0) is 22.8. The maximum Gasteiger partial charge on any atom is 0.260 e. The van der Waals surface area contributed by atoms with Gasteiger partial charge in [-0.15, -0.1) is 12.4 Å². The Kier molecular flexibility index (Phi) is 8.82. The molecule has 0 spiro atoms. The smallest absolute Gasteiger partial charge is 0.260 e. The molecule has 2 aromatic carbocycles. The van der Waals surface area contributed by atoms with Crippen LogP contribution in [-0.4, -0.2) is 57.1 Å². The lowest BCUT2D eigenvalue weighted by Gasteiger charge is -2.21. The number of aromatic nitrogens is 1. The van der Waals surface area contributed by atoms with Crippen LogP contribution in [0.3, 0.4) is 0 Å². The standard InChI is InChI=1S/C23H29N3O3S2.ClH/c1-6-31(28,29)19-10-8-18(9-11-19)22(27)26(13-7-12-25(4)5)23-24-21-17(3)14-16(2)15-20(21)30-23;/h8-11,14-15H,6-7,12-13H2,1-5H3;1H. The number of hydrogen-bond acceptors (Lipinski definition) is 6. The number of anilines is 1. The monoisotopic (exact) mass is 495 g/mol. The van der Waals surface area contributed by atoms with E-state index in [1.165, 1.54) is 29.0 Å². The summed E-state index contributed by atoms with van der Waals surface area (Å²) in [5, 5.41) is 0.665. The maximum atomic E-state index is 13.4. The van der Waals surface area contributed by atoms with Crippen molar-refractivity contribution in [2.24, 2.45) is 0 Å². The molecule has 1 heterocycles. The van der Waals surface area contributed by atoms with Gasteiger partial charge in [-0.3, -0.25) is 9.69 Å². The fraction of sp³-hybridized carbons (Fsp3) is 0.391.